The summed E-state index contributed by atoms with van der Waals surface area (Å²) in [4.78, 5) is 28.9. The van der Waals surface area contributed by atoms with E-state index >= 15 is 0 Å². The van der Waals surface area contributed by atoms with Crippen LogP contribution in [0, 0.1) is 0 Å². The Bertz CT molecular complexity index is 708. The minimum absolute atomic E-state index is 0.0959. The number of ether oxygens (including phenoxy) is 1. The summed E-state index contributed by atoms with van der Waals surface area (Å²) < 4.78 is 5.22. The molecule has 124 valence electrons. The van der Waals surface area contributed by atoms with E-state index in [2.05, 4.69) is 10.3 Å². The van der Waals surface area contributed by atoms with Crippen molar-refractivity contribution < 1.29 is 14.3 Å². The van der Waals surface area contributed by atoms with Gasteiger partial charge in [-0.15, -0.1) is 0 Å². The fraction of sp³-hybridized carbons (Fsp3) is 0.412. The lowest BCUT2D eigenvalue weighted by atomic mass is 10.1. The number of aromatic amines is 1. The number of carbonyl (C=O) groups is 2. The molecule has 1 aromatic carbocycles. The number of nitrogens with one attached hydrogen (secondary N) is 2. The zero-order valence-corrected chi connectivity index (χ0v) is 14.0. The molecule has 0 spiro atoms. The first-order chi connectivity index (χ1) is 11.0. The fourth-order valence-electron chi connectivity index (χ4n) is 2.44. The molecule has 6 heteroatoms. The van der Waals surface area contributed by atoms with Crippen LogP contribution in [0.3, 0.4) is 0 Å². The van der Waals surface area contributed by atoms with Crippen LogP contribution in [0.4, 0.5) is 0 Å². The Hall–Kier alpha value is -2.50. The summed E-state index contributed by atoms with van der Waals surface area (Å²) in [7, 11) is 3.33. The Morgan fingerprint density at radius 3 is 2.78 bits per heavy atom. The predicted octanol–water partition coefficient (Wildman–Crippen LogP) is 1.70. The van der Waals surface area contributed by atoms with Gasteiger partial charge in [-0.3, -0.25) is 9.59 Å². The lowest BCUT2D eigenvalue weighted by Crippen LogP contribution is -2.45. The summed E-state index contributed by atoms with van der Waals surface area (Å²) in [5.74, 6) is 0.465. The van der Waals surface area contributed by atoms with Gasteiger partial charge in [-0.25, -0.2) is 0 Å². The number of amides is 2. The smallest absolute Gasteiger partial charge is 0.244 e. The van der Waals surface area contributed by atoms with E-state index in [4.69, 9.17) is 4.74 Å². The van der Waals surface area contributed by atoms with Crippen molar-refractivity contribution in [3.8, 4) is 5.75 Å². The maximum absolute atomic E-state index is 12.2. The number of nitrogens with zero attached hydrogens (tertiary/aromatic N) is 1. The van der Waals surface area contributed by atoms with Crippen LogP contribution in [0.1, 0.15) is 19.4 Å². The maximum Gasteiger partial charge on any atom is 0.244 e. The zero-order valence-electron chi connectivity index (χ0n) is 14.0. The molecule has 2 amide bonds. The van der Waals surface area contributed by atoms with Crippen LogP contribution in [0.2, 0.25) is 0 Å². The van der Waals surface area contributed by atoms with Gasteiger partial charge in [-0.1, -0.05) is 0 Å². The van der Waals surface area contributed by atoms with Gasteiger partial charge in [0, 0.05) is 30.7 Å². The van der Waals surface area contributed by atoms with E-state index < -0.39 is 6.04 Å². The molecule has 0 radical (unpaired) electrons. The van der Waals surface area contributed by atoms with E-state index in [0.29, 0.717) is 6.54 Å². The summed E-state index contributed by atoms with van der Waals surface area (Å²) in [6, 6.07) is 5.14. The summed E-state index contributed by atoms with van der Waals surface area (Å²) >= 11 is 0. The van der Waals surface area contributed by atoms with Crippen LogP contribution in [-0.2, 0) is 16.0 Å². The molecule has 1 atom stereocenters. The second-order valence-corrected chi connectivity index (χ2v) is 5.54. The number of rotatable bonds is 6. The van der Waals surface area contributed by atoms with Crippen LogP contribution in [0.15, 0.2) is 24.4 Å². The molecule has 2 aromatic rings. The summed E-state index contributed by atoms with van der Waals surface area (Å²) in [6.07, 6.45) is 2.02. The molecule has 1 heterocycles. The Labute approximate surface area is 135 Å². The summed E-state index contributed by atoms with van der Waals surface area (Å²) in [6.45, 7) is 4.21. The number of fused-ring (bicyclic) bond motifs is 1. The average molecular weight is 317 g/mol. The Balaban J connectivity index is 2.07. The van der Waals surface area contributed by atoms with E-state index in [-0.39, 0.29) is 18.2 Å². The quantitative estimate of drug-likeness (QED) is 0.851. The van der Waals surface area contributed by atoms with Crippen molar-refractivity contribution in [3.63, 3.8) is 0 Å². The average Bonchev–Trinajstić information content (AvgIpc) is 2.95. The molecule has 1 aromatic heterocycles. The topological polar surface area (TPSA) is 74.4 Å². The van der Waals surface area contributed by atoms with Gasteiger partial charge in [-0.05, 0) is 37.6 Å². The molecule has 0 aliphatic carbocycles. The number of hydrogen-bond donors (Lipinski definition) is 2. The van der Waals surface area contributed by atoms with Gasteiger partial charge >= 0.3 is 0 Å². The van der Waals surface area contributed by atoms with E-state index in [1.807, 2.05) is 31.3 Å². The van der Waals surface area contributed by atoms with Crippen molar-refractivity contribution in [2.75, 3.05) is 20.7 Å². The van der Waals surface area contributed by atoms with Crippen LogP contribution < -0.4 is 10.1 Å². The van der Waals surface area contributed by atoms with Gasteiger partial charge in [0.15, 0.2) is 0 Å². The third kappa shape index (κ3) is 3.83. The summed E-state index contributed by atoms with van der Waals surface area (Å²) in [5, 5.41) is 3.70. The second kappa shape index (κ2) is 7.17. The molecular weight excluding hydrogens is 294 g/mol. The number of hydrogen-bond acceptors (Lipinski definition) is 3. The molecule has 0 aliphatic rings. The largest absolute Gasteiger partial charge is 0.497 e. The Morgan fingerprint density at radius 1 is 1.39 bits per heavy atom. The van der Waals surface area contributed by atoms with Gasteiger partial charge in [-0.2, -0.15) is 0 Å². The van der Waals surface area contributed by atoms with E-state index in [1.54, 1.807) is 26.0 Å². The fourth-order valence-corrected chi connectivity index (χ4v) is 2.44. The second-order valence-electron chi connectivity index (χ2n) is 5.54. The molecule has 23 heavy (non-hydrogen) atoms. The Kier molecular flexibility index (Phi) is 5.26. The van der Waals surface area contributed by atoms with Crippen molar-refractivity contribution in [3.05, 3.63) is 30.0 Å². The van der Waals surface area contributed by atoms with Crippen LogP contribution in [0.5, 0.6) is 5.75 Å². The zero-order chi connectivity index (χ0) is 17.0. The lowest BCUT2D eigenvalue weighted by Gasteiger charge is -2.20. The molecule has 0 aliphatic heterocycles. The van der Waals surface area contributed by atoms with E-state index in [0.717, 1.165) is 22.2 Å². The first-order valence-electron chi connectivity index (χ1n) is 7.64. The van der Waals surface area contributed by atoms with Crippen molar-refractivity contribution >= 4 is 22.7 Å². The number of aromatic nitrogens is 1. The van der Waals surface area contributed by atoms with Gasteiger partial charge < -0.3 is 19.9 Å². The van der Waals surface area contributed by atoms with Gasteiger partial charge in [0.25, 0.3) is 0 Å². The minimum Gasteiger partial charge on any atom is -0.497 e. The highest BCUT2D eigenvalue weighted by Crippen LogP contribution is 2.23. The molecule has 0 fully saturated rings. The monoisotopic (exact) mass is 317 g/mol. The third-order valence-corrected chi connectivity index (χ3v) is 3.92. The number of carbonyl (C=O) groups excluding carboxylic acids is 2. The van der Waals surface area contributed by atoms with Gasteiger partial charge in [0.05, 0.1) is 13.5 Å². The van der Waals surface area contributed by atoms with Crippen LogP contribution in [-0.4, -0.2) is 48.4 Å². The number of methoxy groups -OCH3 is 1. The third-order valence-electron chi connectivity index (χ3n) is 3.92. The lowest BCUT2D eigenvalue weighted by molar-refractivity contribution is -0.134. The molecule has 0 bridgehead atoms. The first kappa shape index (κ1) is 16.9. The highest BCUT2D eigenvalue weighted by Gasteiger charge is 2.19. The normalized spacial score (nSPS) is 12.0. The maximum atomic E-state index is 12.2. The molecule has 6 nitrogen and oxygen atoms in total. The van der Waals surface area contributed by atoms with Gasteiger partial charge in [0.2, 0.25) is 11.8 Å². The highest BCUT2D eigenvalue weighted by atomic mass is 16.5. The predicted molar refractivity (Wildman–Crippen MR) is 89.5 cm³/mol. The van der Waals surface area contributed by atoms with Gasteiger partial charge in [0.1, 0.15) is 11.8 Å². The van der Waals surface area contributed by atoms with Crippen molar-refractivity contribution in [2.24, 2.45) is 0 Å². The first-order valence-corrected chi connectivity index (χ1v) is 7.64. The molecule has 2 N–H and O–H groups in total. The van der Waals surface area contributed by atoms with E-state index in [1.165, 1.54) is 0 Å². The highest BCUT2D eigenvalue weighted by molar-refractivity contribution is 5.92. The van der Waals surface area contributed by atoms with Crippen molar-refractivity contribution in [1.82, 2.24) is 15.2 Å². The van der Waals surface area contributed by atoms with Crippen molar-refractivity contribution in [2.45, 2.75) is 26.3 Å². The molecule has 2 rings (SSSR count). The van der Waals surface area contributed by atoms with E-state index in [9.17, 15) is 9.59 Å². The molecule has 0 saturated carbocycles. The van der Waals surface area contributed by atoms with Crippen LogP contribution in [0.25, 0.3) is 10.9 Å². The number of benzene rings is 1. The Morgan fingerprint density at radius 2 is 2.13 bits per heavy atom. The SMILES string of the molecule is CCN(C)C(=O)[C@H](C)NC(=O)Cc1c[nH]c2ccc(OC)cc12. The van der Waals surface area contributed by atoms with Crippen LogP contribution >= 0.6 is 0 Å². The standard InChI is InChI=1S/C17H23N3O3/c1-5-20(3)17(22)11(2)19-16(21)8-12-10-18-15-7-6-13(23-4)9-14(12)15/h6-7,9-11,18H,5,8H2,1-4H3,(H,19,21)/t11-/m0/s1. The van der Waals surface area contributed by atoms with Crippen molar-refractivity contribution in [1.29, 1.82) is 0 Å². The number of H-pyrrole nitrogens is 1. The summed E-state index contributed by atoms with van der Waals surface area (Å²) in [5.41, 5.74) is 1.82. The minimum atomic E-state index is -0.535. The molecular formula is C17H23N3O3. The molecule has 0 unspecified atom stereocenters. The molecule has 0 saturated heterocycles. The number of likely N-dealkylation sites (N-methyl/N-ethyl adjacent to an activating group) is 1.